The number of H-pyrrole nitrogens is 1. The lowest BCUT2D eigenvalue weighted by molar-refractivity contribution is -0.146. The predicted molar refractivity (Wildman–Crippen MR) is 322 cm³/mol. The highest BCUT2D eigenvalue weighted by molar-refractivity contribution is 7.60. The first kappa shape index (κ1) is 66.2. The second-order valence-electron chi connectivity index (χ2n) is 19.9. The van der Waals surface area contributed by atoms with E-state index in [1.54, 1.807) is 32.3 Å². The van der Waals surface area contributed by atoms with Crippen LogP contribution in [0.25, 0.3) is 11.2 Å². The fourth-order valence-corrected chi connectivity index (χ4v) is 14.1. The molecule has 454 valence electrons. The Morgan fingerprint density at radius 2 is 0.881 bits per heavy atom. The van der Waals surface area contributed by atoms with Gasteiger partial charge in [0, 0.05) is 58.1 Å². The Balaban J connectivity index is 1.35. The topological polar surface area (TPSA) is 304 Å². The Morgan fingerprint density at radius 1 is 0.548 bits per heavy atom. The number of carbonyl (C=O) groups excluding carboxylic acids is 4. The maximum atomic E-state index is 16.0. The predicted octanol–water partition coefficient (Wildman–Crippen LogP) is 4.74. The quantitative estimate of drug-likeness (QED) is 0.0156. The van der Waals surface area contributed by atoms with Crippen LogP contribution in [-0.2, 0) is 79.5 Å². The van der Waals surface area contributed by atoms with Gasteiger partial charge in [0.25, 0.3) is 5.56 Å². The Kier molecular flexibility index (Phi) is 26.9. The number of ether oxygens (including phenoxy) is 4. The van der Waals surface area contributed by atoms with Crippen molar-refractivity contribution < 1.29 is 52.4 Å². The number of aliphatic hydroxyl groups is 1. The summed E-state index contributed by atoms with van der Waals surface area (Å²) in [7, 11) is -8.10. The molecule has 6 aromatic rings. The van der Waals surface area contributed by atoms with E-state index in [1.807, 2.05) is 131 Å². The first-order chi connectivity index (χ1) is 40.6. The van der Waals surface area contributed by atoms with E-state index in [-0.39, 0.29) is 134 Å². The van der Waals surface area contributed by atoms with Gasteiger partial charge in [-0.3, -0.25) is 47.9 Å². The van der Waals surface area contributed by atoms with E-state index < -0.39 is 68.5 Å². The largest absolute Gasteiger partial charge is 0.465 e. The smallest absolute Gasteiger partial charge is 0.323 e. The van der Waals surface area contributed by atoms with Gasteiger partial charge in [0.2, 0.25) is 20.8 Å². The summed E-state index contributed by atoms with van der Waals surface area (Å²) < 4.78 is 55.5. The molecule has 2 aromatic heterocycles. The van der Waals surface area contributed by atoms with Gasteiger partial charge in [-0.15, -0.1) is 0 Å². The van der Waals surface area contributed by atoms with Crippen LogP contribution < -0.4 is 31.6 Å². The summed E-state index contributed by atoms with van der Waals surface area (Å²) in [5.41, 5.74) is 8.84. The summed E-state index contributed by atoms with van der Waals surface area (Å²) in [6, 6.07) is 32.3. The van der Waals surface area contributed by atoms with Crippen molar-refractivity contribution in [3.8, 4) is 0 Å². The first-order valence-corrected chi connectivity index (χ1v) is 32.2. The minimum atomic E-state index is -4.07. The van der Waals surface area contributed by atoms with E-state index in [2.05, 4.69) is 35.3 Å². The van der Waals surface area contributed by atoms with Gasteiger partial charge >= 0.3 is 23.9 Å². The van der Waals surface area contributed by atoms with Crippen LogP contribution in [0.15, 0.2) is 132 Å². The van der Waals surface area contributed by atoms with Crippen LogP contribution in [0.1, 0.15) is 49.9 Å². The third-order valence-electron chi connectivity index (χ3n) is 13.6. The molecule has 0 unspecified atom stereocenters. The molecule has 0 bridgehead atoms. The van der Waals surface area contributed by atoms with Crippen LogP contribution in [-0.4, -0.2) is 167 Å². The van der Waals surface area contributed by atoms with Crippen LogP contribution in [0.3, 0.4) is 0 Å². The normalized spacial score (nSPS) is 13.3. The van der Waals surface area contributed by atoms with Gasteiger partial charge in [-0.1, -0.05) is 121 Å². The van der Waals surface area contributed by atoms with E-state index in [0.29, 0.717) is 0 Å². The molecule has 84 heavy (non-hydrogen) atoms. The zero-order valence-corrected chi connectivity index (χ0v) is 50.1. The van der Waals surface area contributed by atoms with Crippen molar-refractivity contribution in [2.45, 2.75) is 84.1 Å². The van der Waals surface area contributed by atoms with Gasteiger partial charge in [0.15, 0.2) is 11.2 Å². The fourth-order valence-electron chi connectivity index (χ4n) is 9.48. The lowest BCUT2D eigenvalue weighted by atomic mass is 10.1. The summed E-state index contributed by atoms with van der Waals surface area (Å²) in [6.07, 6.45) is 1.58. The number of aromatic nitrogens is 4. The summed E-state index contributed by atoms with van der Waals surface area (Å²) in [6.45, 7) is 7.75. The number of carbonyl (C=O) groups is 4. The molecule has 6 rings (SSSR count). The molecule has 0 aliphatic rings. The summed E-state index contributed by atoms with van der Waals surface area (Å²) in [4.78, 5) is 83.1. The van der Waals surface area contributed by atoms with Crippen molar-refractivity contribution in [2.75, 3.05) is 90.4 Å². The molecule has 0 amide bonds. The number of nitrogens with one attached hydrogen (secondary N) is 5. The molecule has 0 saturated carbocycles. The van der Waals surface area contributed by atoms with Crippen LogP contribution in [0.2, 0.25) is 0 Å². The number of hydrogen-bond acceptors (Lipinski definition) is 17. The van der Waals surface area contributed by atoms with Gasteiger partial charge in [-0.2, -0.15) is 4.98 Å². The maximum absolute atomic E-state index is 16.0. The van der Waals surface area contributed by atoms with E-state index in [4.69, 9.17) is 24.7 Å². The number of nitrogens with two attached hydrogens (primary N) is 1. The number of esters is 4. The lowest BCUT2D eigenvalue weighted by Gasteiger charge is -2.33. The number of benzene rings is 4. The average Bonchev–Trinajstić information content (AvgIpc) is 4.02. The minimum absolute atomic E-state index is 0.0529. The van der Waals surface area contributed by atoms with Crippen LogP contribution in [0, 0.1) is 0 Å². The third kappa shape index (κ3) is 21.3. The van der Waals surface area contributed by atoms with Crippen molar-refractivity contribution in [1.82, 2.24) is 49.7 Å². The number of aromatic amines is 1. The van der Waals surface area contributed by atoms with Gasteiger partial charge in [-0.25, -0.2) is 25.3 Å². The van der Waals surface area contributed by atoms with Crippen LogP contribution in [0.5, 0.6) is 0 Å². The van der Waals surface area contributed by atoms with Crippen molar-refractivity contribution in [2.24, 2.45) is 0 Å². The van der Waals surface area contributed by atoms with Crippen LogP contribution >= 0.6 is 14.9 Å². The highest BCUT2D eigenvalue weighted by Crippen LogP contribution is 2.40. The molecule has 2 heterocycles. The molecule has 8 N–H and O–H groups in total. The van der Waals surface area contributed by atoms with Crippen molar-refractivity contribution in [1.29, 1.82) is 0 Å². The summed E-state index contributed by atoms with van der Waals surface area (Å²) in [5.74, 6) is -2.68. The van der Waals surface area contributed by atoms with E-state index in [0.717, 1.165) is 22.3 Å². The van der Waals surface area contributed by atoms with Gasteiger partial charge in [-0.05, 0) is 75.6 Å². The number of fused-ring (bicyclic) bond motifs is 1. The Hall–Kier alpha value is -6.91. The monoisotopic (exact) mass is 1200 g/mol. The second kappa shape index (κ2) is 34.1. The Bertz CT molecular complexity index is 3010. The van der Waals surface area contributed by atoms with Crippen LogP contribution in [0.4, 0.5) is 5.95 Å². The summed E-state index contributed by atoms with van der Waals surface area (Å²) >= 11 is 0. The number of hydrogen-bond donors (Lipinski definition) is 7. The van der Waals surface area contributed by atoms with Gasteiger partial charge < -0.3 is 34.4 Å². The number of anilines is 1. The molecule has 0 aliphatic carbocycles. The highest BCUT2D eigenvalue weighted by atomic mass is 31.2. The Morgan fingerprint density at radius 3 is 1.20 bits per heavy atom. The molecule has 0 spiro atoms. The van der Waals surface area contributed by atoms with E-state index in [9.17, 15) is 29.1 Å². The summed E-state index contributed by atoms with van der Waals surface area (Å²) in [5, 5.41) is 23.2. The van der Waals surface area contributed by atoms with Crippen molar-refractivity contribution in [3.05, 3.63) is 160 Å². The van der Waals surface area contributed by atoms with E-state index >= 15 is 9.13 Å². The number of imidazole rings is 1. The number of rotatable bonds is 38. The van der Waals surface area contributed by atoms with E-state index in [1.165, 1.54) is 6.33 Å². The Labute approximate surface area is 490 Å². The molecule has 0 saturated heterocycles. The standard InChI is InChI=1S/C59H81N11O12P2/c1-5-79-55(73)48(39-44-21-13-9-14-22-44)64-83(77,65-49(56(74)80-6-2)40-45-23-15-10-16-24-45)37-34-68(31-32-70-43-61-52-53(70)62-59(60)63-54(52)72)29-30-69(33-36-71)35-38-84(78,66-50(57(75)81-7-3)41-46-25-17-11-18-26-46)67-51(58(76)82-8-4)42-47-27-19-12-20-28-47/h9-28,43,48-51,71H,5-8,29-42H2,1-4H3,(H2,64,65,77)(H2,66,67,78)(H3,60,62,63,72)/t48-,49-,50-,51-/m0/s1. The third-order valence-corrected chi connectivity index (χ3v) is 18.2. The van der Waals surface area contributed by atoms with Crippen molar-refractivity contribution >= 4 is 55.9 Å². The van der Waals surface area contributed by atoms with Gasteiger partial charge in [0.1, 0.15) is 24.2 Å². The zero-order chi connectivity index (χ0) is 60.3. The maximum Gasteiger partial charge on any atom is 0.323 e. The molecule has 25 heteroatoms. The van der Waals surface area contributed by atoms with Gasteiger partial charge in [0.05, 0.1) is 39.4 Å². The average molecular weight is 1200 g/mol. The number of nitrogens with zero attached hydrogens (tertiary/aromatic N) is 5. The molecule has 23 nitrogen and oxygen atoms in total. The number of aliphatic hydroxyl groups excluding tert-OH is 1. The molecule has 0 aliphatic heterocycles. The minimum Gasteiger partial charge on any atom is -0.465 e. The first-order valence-electron chi connectivity index (χ1n) is 28.4. The lowest BCUT2D eigenvalue weighted by Crippen LogP contribution is -2.48. The second-order valence-corrected chi connectivity index (χ2v) is 24.8. The zero-order valence-electron chi connectivity index (χ0n) is 48.3. The molecular formula is C59H81N11O12P2. The number of nitrogen functional groups attached to an aromatic ring is 1. The SMILES string of the molecule is CCOC(=O)[C@H](Cc1ccccc1)NP(=O)(CCN(CCO)CCN(CCn1cnc2c(=O)[nH]c(N)nc21)CCP(=O)(N[C@@H](Cc1ccccc1)C(=O)OCC)N[C@@H](Cc1ccccc1)C(=O)OCC)N[C@@H](Cc1ccccc1)C(=O)OCC. The molecule has 0 fully saturated rings. The highest BCUT2D eigenvalue weighted by Gasteiger charge is 2.38. The molecule has 4 atom stereocenters. The fraction of sp³-hybridized carbons (Fsp3) is 0.441. The molecular weight excluding hydrogens is 1120 g/mol. The molecule has 4 aromatic carbocycles. The van der Waals surface area contributed by atoms with Crippen molar-refractivity contribution in [3.63, 3.8) is 0 Å². The molecule has 0 radical (unpaired) electrons.